The zero-order chi connectivity index (χ0) is 108. The van der Waals surface area contributed by atoms with E-state index in [2.05, 4.69) is 203 Å². The summed E-state index contributed by atoms with van der Waals surface area (Å²) in [5, 5.41) is 10.2. The molecule has 5 aromatic carbocycles. The first-order valence-corrected chi connectivity index (χ1v) is 47.2. The third-order valence-corrected chi connectivity index (χ3v) is 26.6. The molecule has 0 radical (unpaired) electrons. The zero-order valence-electron chi connectivity index (χ0n) is 96.7. The molecule has 15 heterocycles. The quantitative estimate of drug-likeness (QED) is 0.0908. The number of fused-ring (bicyclic) bond motifs is 15. The third kappa shape index (κ3) is 18.1. The Morgan fingerprint density at radius 2 is 0.507 bits per heavy atom. The van der Waals surface area contributed by atoms with Crippen LogP contribution in [-0.4, -0.2) is 24.9 Å². The molecule has 0 aliphatic heterocycles. The van der Waals surface area contributed by atoms with Crippen LogP contribution in [0.5, 0.6) is 0 Å². The summed E-state index contributed by atoms with van der Waals surface area (Å²) in [5.41, 5.74) is 34.5. The van der Waals surface area contributed by atoms with Gasteiger partial charge in [-0.1, -0.05) is 178 Å². The summed E-state index contributed by atoms with van der Waals surface area (Å²) in [6.45, 7) is 46.9. The smallest absolute Gasteiger partial charge is 0.227 e. The van der Waals surface area contributed by atoms with E-state index in [4.69, 9.17) is 38.5 Å². The summed E-state index contributed by atoms with van der Waals surface area (Å²) in [5.74, 6) is -1.20. The van der Waals surface area contributed by atoms with Crippen LogP contribution in [0.4, 0.5) is 0 Å². The molecule has 15 heteroatoms. The van der Waals surface area contributed by atoms with E-state index >= 15 is 0 Å². The van der Waals surface area contributed by atoms with Crippen molar-refractivity contribution in [1.29, 1.82) is 0 Å². The molecule has 0 unspecified atom stereocenters. The van der Waals surface area contributed by atoms with E-state index in [1.807, 2.05) is 157 Å². The minimum absolute atomic E-state index is 0.0134. The van der Waals surface area contributed by atoms with Crippen molar-refractivity contribution >= 4 is 110 Å². The van der Waals surface area contributed by atoms with E-state index in [-0.39, 0.29) is 5.56 Å². The van der Waals surface area contributed by atoms with Crippen molar-refractivity contribution in [2.45, 2.75) is 240 Å². The molecule has 20 rings (SSSR count). The number of hydrogen-bond acceptors (Lipinski definition) is 10. The predicted molar refractivity (Wildman–Crippen MR) is 560 cm³/mol. The number of pyridine rings is 10. The standard InChI is InChI=1S/C25H29N2O.4C24H27N2O/c1-14(2)20-12-22(27(7)13-21(20)15(3)4)23-16(5)8-10-18-19-11-9-17(6)26-25(19)28-24(18)23;1-14(2)19-12-21(26(6)13-20(19)15(3)4)22-16(5)9-10-17-18-8-7-11-25-24(18)27-23(17)22;3*1-7-17-13-26(6)21(12-20(17)14(2)3)22-15(4)8-10-18-19-11-9-16(5)25-24(19)27-23(18)22/h8-15H,1-7H3;7-15H,1-6H3;3*8-14H,7H2,1-6H3/q5*+1/i;;1D3,7D2,14D;2*7D2,14D. The van der Waals surface area contributed by atoms with Crippen molar-refractivity contribution < 1.29 is 61.4 Å². The van der Waals surface area contributed by atoms with Crippen LogP contribution in [0, 0.1) is 62.3 Å². The molecule has 136 heavy (non-hydrogen) atoms. The summed E-state index contributed by atoms with van der Waals surface area (Å²) in [6, 6.07) is 51.4. The highest BCUT2D eigenvalue weighted by Crippen LogP contribution is 2.45. The molecule has 0 bridgehead atoms. The molecule has 0 N–H and O–H groups in total. The molecular weight excluding hydrogens is 1670 g/mol. The molecule has 15 aromatic heterocycles. The second-order valence-electron chi connectivity index (χ2n) is 38.7. The number of aromatic nitrogens is 10. The highest BCUT2D eigenvalue weighted by atomic mass is 16.4. The van der Waals surface area contributed by atoms with Gasteiger partial charge in [-0.2, -0.15) is 0 Å². The van der Waals surface area contributed by atoms with Crippen molar-refractivity contribution in [2.24, 2.45) is 35.2 Å². The summed E-state index contributed by atoms with van der Waals surface area (Å²) in [7, 11) is 9.83. The fraction of sp³-hybridized carbons (Fsp3) is 0.339. The van der Waals surface area contributed by atoms with Crippen LogP contribution in [0.1, 0.15) is 282 Å². The van der Waals surface area contributed by atoms with Crippen LogP contribution in [-0.2, 0) is 54.4 Å². The Morgan fingerprint density at radius 1 is 0.279 bits per heavy atom. The van der Waals surface area contributed by atoms with Crippen molar-refractivity contribution in [3.63, 3.8) is 0 Å². The Bertz CT molecular complexity index is 8460. The van der Waals surface area contributed by atoms with Gasteiger partial charge in [-0.3, -0.25) is 0 Å². The second kappa shape index (κ2) is 38.8. The first-order valence-electron chi connectivity index (χ1n) is 53.2. The Kier molecular flexibility index (Phi) is 23.1. The van der Waals surface area contributed by atoms with E-state index in [9.17, 15) is 0 Å². The molecule has 696 valence electrons. The van der Waals surface area contributed by atoms with Gasteiger partial charge in [0.25, 0.3) is 0 Å². The largest absolute Gasteiger partial charge is 0.437 e. The van der Waals surface area contributed by atoms with E-state index < -0.39 is 43.7 Å². The Hall–Kier alpha value is -13.4. The van der Waals surface area contributed by atoms with Gasteiger partial charge in [0.2, 0.25) is 57.0 Å². The molecule has 20 aromatic rings. The van der Waals surface area contributed by atoms with Gasteiger partial charge in [0, 0.05) is 157 Å². The fourth-order valence-corrected chi connectivity index (χ4v) is 19.3. The molecule has 0 atom stereocenters. The van der Waals surface area contributed by atoms with Gasteiger partial charge in [-0.15, -0.1) is 0 Å². The van der Waals surface area contributed by atoms with E-state index in [0.717, 1.165) is 155 Å². The number of aryl methyl sites for hydroxylation is 17. The highest BCUT2D eigenvalue weighted by Gasteiger charge is 2.32. The maximum Gasteiger partial charge on any atom is 0.227 e. The van der Waals surface area contributed by atoms with Crippen LogP contribution in [0.25, 0.3) is 167 Å². The van der Waals surface area contributed by atoms with Crippen molar-refractivity contribution in [3.05, 3.63) is 295 Å². The summed E-state index contributed by atoms with van der Waals surface area (Å²) < 4.78 is 140. The molecule has 0 aliphatic carbocycles. The number of benzene rings is 5. The van der Waals surface area contributed by atoms with E-state index in [0.29, 0.717) is 91.3 Å². The molecule has 0 aliphatic rings. The minimum Gasteiger partial charge on any atom is -0.437 e. The van der Waals surface area contributed by atoms with Crippen LogP contribution in [0.2, 0.25) is 0 Å². The van der Waals surface area contributed by atoms with Crippen LogP contribution >= 0.6 is 0 Å². The van der Waals surface area contributed by atoms with Gasteiger partial charge in [0.05, 0.1) is 27.8 Å². The minimum atomic E-state index is -2.88. The van der Waals surface area contributed by atoms with Gasteiger partial charge >= 0.3 is 0 Å². The van der Waals surface area contributed by atoms with Gasteiger partial charge < -0.3 is 22.1 Å². The lowest BCUT2D eigenvalue weighted by Crippen LogP contribution is -2.32. The maximum absolute atomic E-state index is 8.66. The molecule has 0 saturated heterocycles. The average molecular weight is 1820 g/mol. The highest BCUT2D eigenvalue weighted by molar-refractivity contribution is 6.13. The summed E-state index contributed by atoms with van der Waals surface area (Å²) >= 11 is 0. The van der Waals surface area contributed by atoms with E-state index in [1.165, 1.54) is 64.8 Å². The first-order chi connectivity index (χ1) is 69.0. The topological polar surface area (TPSA) is 150 Å². The van der Waals surface area contributed by atoms with Gasteiger partial charge in [-0.25, -0.2) is 47.8 Å². The maximum atomic E-state index is 8.66. The van der Waals surface area contributed by atoms with Crippen molar-refractivity contribution in [2.75, 3.05) is 0 Å². The molecule has 0 fully saturated rings. The Balaban J connectivity index is 0.000000132. The van der Waals surface area contributed by atoms with Gasteiger partial charge in [0.1, 0.15) is 35.2 Å². The van der Waals surface area contributed by atoms with Gasteiger partial charge in [-0.05, 0) is 239 Å². The lowest BCUT2D eigenvalue weighted by molar-refractivity contribution is -0.661. The molecular formula is C121H137N10O5+5. The number of hydrogen-bond donors (Lipinski definition) is 0. The fourth-order valence-electron chi connectivity index (χ4n) is 19.3. The van der Waals surface area contributed by atoms with Crippen LogP contribution in [0.3, 0.4) is 0 Å². The molecule has 0 saturated carbocycles. The van der Waals surface area contributed by atoms with Crippen molar-refractivity contribution in [1.82, 2.24) is 24.9 Å². The average Bonchev–Trinajstić information content (AvgIpc) is 1.74. The third-order valence-electron chi connectivity index (χ3n) is 26.6. The Morgan fingerprint density at radius 3 is 0.750 bits per heavy atom. The van der Waals surface area contributed by atoms with Crippen LogP contribution in [0.15, 0.2) is 211 Å². The normalized spacial score (nSPS) is 13.8. The second-order valence-corrected chi connectivity index (χ2v) is 38.7. The number of nitrogens with zero attached hydrogens (tertiary/aromatic N) is 10. The number of rotatable bonds is 15. The molecule has 0 amide bonds. The lowest BCUT2D eigenvalue weighted by atomic mass is 9.90. The van der Waals surface area contributed by atoms with Gasteiger partial charge in [0.15, 0.2) is 58.9 Å². The predicted octanol–water partition coefficient (Wildman–Crippen LogP) is 29.7. The lowest BCUT2D eigenvalue weighted by Gasteiger charge is -2.16. The van der Waals surface area contributed by atoms with E-state index in [1.54, 1.807) is 65.4 Å². The SMILES string of the molecule is Cc1ccc2c(n1)oc1c(-c3cc(C(C)C)c(C(C)C)c[n+]3C)c(C)ccc12.Cc1ccc2c(oc3ncccc32)c1-c1cc(C(C)C)c(C(C)C)c[n+]1C.[2H]C(C)(C)c1cc(-c2c(C)ccc3c2oc2nc(C)ccc23)[n+](C)cc1C([2H])([2H])C([2H])([2H])[2H].[2H]C([2H])(C)c1c[n+](C)c(-c2c(C)ccc3c2oc2nc(C)ccc23)cc1C([2H])(C)C.[2H]C([2H])(C)c1c[n+](C)c(-c2c(C)ccc3c2oc2nc(C)ccc23)cc1C([2H])(C)C. The van der Waals surface area contributed by atoms with Crippen LogP contribution < -0.4 is 22.8 Å². The zero-order valence-corrected chi connectivity index (χ0v) is 84.7. The molecule has 15 nitrogen and oxygen atoms in total. The summed E-state index contributed by atoms with van der Waals surface area (Å²) in [4.78, 5) is 22.6. The van der Waals surface area contributed by atoms with Crippen molar-refractivity contribution in [3.8, 4) is 56.3 Å². The number of furan rings is 5. The summed E-state index contributed by atoms with van der Waals surface area (Å²) in [6.07, 6.45) is 5.76. The monoisotopic (exact) mass is 1820 g/mol. The Labute approximate surface area is 819 Å². The molecule has 0 spiro atoms. The first kappa shape index (κ1) is 81.0.